The molecule has 0 saturated heterocycles. The number of hydrogen-bond donors (Lipinski definition) is 2. The highest BCUT2D eigenvalue weighted by molar-refractivity contribution is 5.92. The predicted octanol–water partition coefficient (Wildman–Crippen LogP) is 1.03. The Hall–Kier alpha value is -2.34. The van der Waals surface area contributed by atoms with Crippen LogP contribution < -0.4 is 0 Å². The molecule has 1 atom stereocenters. The van der Waals surface area contributed by atoms with Gasteiger partial charge in [-0.2, -0.15) is 0 Å². The molecule has 0 fully saturated rings. The topological polar surface area (TPSA) is 93.1 Å². The molecule has 0 amide bonds. The number of phenolic OH excluding ortho intramolecular Hbond substituents is 1. The van der Waals surface area contributed by atoms with Gasteiger partial charge in [0.2, 0.25) is 0 Å². The van der Waals surface area contributed by atoms with Gasteiger partial charge >= 0.3 is 11.9 Å². The molecule has 6 nitrogen and oxygen atoms in total. The lowest BCUT2D eigenvalue weighted by Crippen LogP contribution is -2.25. The molecule has 0 aromatic heterocycles. The van der Waals surface area contributed by atoms with E-state index in [-0.39, 0.29) is 24.5 Å². The van der Waals surface area contributed by atoms with E-state index in [0.717, 1.165) is 0 Å². The minimum Gasteiger partial charge on any atom is -0.507 e. The fraction of sp³-hybridized carbons (Fsp3) is 0.286. The fourth-order valence-corrected chi connectivity index (χ4v) is 1.31. The van der Waals surface area contributed by atoms with E-state index in [1.165, 1.54) is 24.3 Å². The van der Waals surface area contributed by atoms with Gasteiger partial charge in [-0.1, -0.05) is 18.2 Å². The van der Waals surface area contributed by atoms with E-state index < -0.39 is 18.0 Å². The molecule has 1 aromatic rings. The summed E-state index contributed by atoms with van der Waals surface area (Å²) in [4.78, 5) is 22.6. The van der Waals surface area contributed by atoms with E-state index in [0.29, 0.717) is 0 Å². The molecule has 0 radical (unpaired) electrons. The van der Waals surface area contributed by atoms with Crippen molar-refractivity contribution in [2.24, 2.45) is 0 Å². The fourth-order valence-electron chi connectivity index (χ4n) is 1.31. The average Bonchev–Trinajstić information content (AvgIpc) is 2.43. The second kappa shape index (κ2) is 7.96. The normalized spacial score (nSPS) is 12.1. The second-order valence-electron chi connectivity index (χ2n) is 3.90. The summed E-state index contributed by atoms with van der Waals surface area (Å²) < 4.78 is 9.49. The zero-order valence-corrected chi connectivity index (χ0v) is 11.0. The standard InChI is InChI=1S/C14H16O6/c1-2-5-13(17)19-8-10(15)9-20-14(18)11-6-3-4-7-12(11)16/h2-7,10,15-16H,8-9H2,1H3. The molecule has 1 aromatic carbocycles. The molecule has 0 saturated carbocycles. The van der Waals surface area contributed by atoms with Crippen molar-refractivity contribution >= 4 is 11.9 Å². The number of aromatic hydroxyl groups is 1. The van der Waals surface area contributed by atoms with Crippen LogP contribution in [0.25, 0.3) is 0 Å². The number of carbonyl (C=O) groups excluding carboxylic acids is 2. The number of hydrogen-bond acceptors (Lipinski definition) is 6. The SMILES string of the molecule is CC=CC(=O)OCC(O)COC(=O)c1ccccc1O. The third-order valence-electron chi connectivity index (χ3n) is 2.25. The number of carbonyl (C=O) groups is 2. The Labute approximate surface area is 116 Å². The van der Waals surface area contributed by atoms with Crippen molar-refractivity contribution in [3.05, 3.63) is 42.0 Å². The number of phenols is 1. The highest BCUT2D eigenvalue weighted by Gasteiger charge is 2.14. The van der Waals surface area contributed by atoms with Crippen LogP contribution in [0.4, 0.5) is 0 Å². The van der Waals surface area contributed by atoms with Crippen LogP contribution in [0, 0.1) is 0 Å². The van der Waals surface area contributed by atoms with Crippen molar-refractivity contribution in [1.82, 2.24) is 0 Å². The van der Waals surface area contributed by atoms with Gasteiger partial charge in [0.15, 0.2) is 0 Å². The highest BCUT2D eigenvalue weighted by atomic mass is 16.6. The quantitative estimate of drug-likeness (QED) is 0.597. The summed E-state index contributed by atoms with van der Waals surface area (Å²) in [6.07, 6.45) is 1.59. The lowest BCUT2D eigenvalue weighted by atomic mass is 10.2. The Kier molecular flexibility index (Phi) is 6.25. The van der Waals surface area contributed by atoms with Crippen LogP contribution in [0.3, 0.4) is 0 Å². The van der Waals surface area contributed by atoms with Gasteiger partial charge in [-0.3, -0.25) is 0 Å². The summed E-state index contributed by atoms with van der Waals surface area (Å²) in [5.41, 5.74) is 0.00520. The zero-order chi connectivity index (χ0) is 15.0. The third kappa shape index (κ3) is 5.11. The predicted molar refractivity (Wildman–Crippen MR) is 70.2 cm³/mol. The largest absolute Gasteiger partial charge is 0.507 e. The Morgan fingerprint density at radius 2 is 1.90 bits per heavy atom. The molecule has 0 aliphatic heterocycles. The molecule has 20 heavy (non-hydrogen) atoms. The van der Waals surface area contributed by atoms with Crippen LogP contribution in [0.1, 0.15) is 17.3 Å². The molecular weight excluding hydrogens is 264 g/mol. The summed E-state index contributed by atoms with van der Waals surface area (Å²) in [5.74, 6) is -1.55. The van der Waals surface area contributed by atoms with E-state index in [4.69, 9.17) is 4.74 Å². The number of aliphatic hydroxyl groups is 1. The van der Waals surface area contributed by atoms with Crippen LogP contribution >= 0.6 is 0 Å². The molecule has 6 heteroatoms. The number of benzene rings is 1. The average molecular weight is 280 g/mol. The number of ether oxygens (including phenoxy) is 2. The first-order chi connectivity index (χ1) is 9.54. The van der Waals surface area contributed by atoms with E-state index in [1.54, 1.807) is 19.1 Å². The third-order valence-corrected chi connectivity index (χ3v) is 2.25. The van der Waals surface area contributed by atoms with Gasteiger partial charge in [0.1, 0.15) is 30.6 Å². The Morgan fingerprint density at radius 1 is 1.25 bits per heavy atom. The molecule has 0 heterocycles. The Balaban J connectivity index is 2.38. The molecule has 0 aliphatic rings. The Bertz CT molecular complexity index is 494. The first-order valence-electron chi connectivity index (χ1n) is 5.97. The van der Waals surface area contributed by atoms with Gasteiger partial charge in [-0.25, -0.2) is 9.59 Å². The van der Waals surface area contributed by atoms with Crippen molar-refractivity contribution in [2.75, 3.05) is 13.2 Å². The maximum Gasteiger partial charge on any atom is 0.342 e. The minimum atomic E-state index is -1.13. The van der Waals surface area contributed by atoms with E-state index in [2.05, 4.69) is 4.74 Å². The second-order valence-corrected chi connectivity index (χ2v) is 3.90. The maximum absolute atomic E-state index is 11.6. The maximum atomic E-state index is 11.6. The molecule has 1 rings (SSSR count). The van der Waals surface area contributed by atoms with Crippen LogP contribution in [0.15, 0.2) is 36.4 Å². The monoisotopic (exact) mass is 280 g/mol. The number of esters is 2. The van der Waals surface area contributed by atoms with Gasteiger partial charge in [0.25, 0.3) is 0 Å². The molecule has 108 valence electrons. The summed E-state index contributed by atoms with van der Waals surface area (Å²) in [6, 6.07) is 5.90. The van der Waals surface area contributed by atoms with Gasteiger partial charge < -0.3 is 19.7 Å². The smallest absolute Gasteiger partial charge is 0.342 e. The van der Waals surface area contributed by atoms with Crippen LogP contribution in [-0.2, 0) is 14.3 Å². The van der Waals surface area contributed by atoms with Crippen LogP contribution in [-0.4, -0.2) is 41.5 Å². The molecule has 1 unspecified atom stereocenters. The van der Waals surface area contributed by atoms with Crippen molar-refractivity contribution < 1.29 is 29.3 Å². The molecular formula is C14H16O6. The molecule has 0 aliphatic carbocycles. The molecule has 2 N–H and O–H groups in total. The first kappa shape index (κ1) is 15.7. The number of aliphatic hydroxyl groups excluding tert-OH is 1. The van der Waals surface area contributed by atoms with Gasteiger partial charge in [-0.15, -0.1) is 0 Å². The molecule has 0 bridgehead atoms. The van der Waals surface area contributed by atoms with Crippen LogP contribution in [0.5, 0.6) is 5.75 Å². The first-order valence-corrected chi connectivity index (χ1v) is 5.97. The summed E-state index contributed by atoms with van der Waals surface area (Å²) in [5, 5.41) is 18.9. The van der Waals surface area contributed by atoms with Crippen molar-refractivity contribution in [3.8, 4) is 5.75 Å². The van der Waals surface area contributed by atoms with E-state index in [9.17, 15) is 19.8 Å². The lowest BCUT2D eigenvalue weighted by Gasteiger charge is -2.11. The minimum absolute atomic E-state index is 0.00520. The van der Waals surface area contributed by atoms with Crippen molar-refractivity contribution in [3.63, 3.8) is 0 Å². The summed E-state index contributed by atoms with van der Waals surface area (Å²) in [6.45, 7) is 1.04. The Morgan fingerprint density at radius 3 is 2.55 bits per heavy atom. The zero-order valence-electron chi connectivity index (χ0n) is 11.0. The lowest BCUT2D eigenvalue weighted by molar-refractivity contribution is -0.141. The van der Waals surface area contributed by atoms with Gasteiger partial charge in [0, 0.05) is 6.08 Å². The highest BCUT2D eigenvalue weighted by Crippen LogP contribution is 2.16. The van der Waals surface area contributed by atoms with Gasteiger partial charge in [-0.05, 0) is 19.1 Å². The van der Waals surface area contributed by atoms with Gasteiger partial charge in [0.05, 0.1) is 0 Å². The number of allylic oxidation sites excluding steroid dienone is 1. The number of rotatable bonds is 6. The number of para-hydroxylation sites is 1. The summed E-state index contributed by atoms with van der Waals surface area (Å²) >= 11 is 0. The van der Waals surface area contributed by atoms with Crippen LogP contribution in [0.2, 0.25) is 0 Å². The van der Waals surface area contributed by atoms with Crippen molar-refractivity contribution in [2.45, 2.75) is 13.0 Å². The van der Waals surface area contributed by atoms with E-state index >= 15 is 0 Å². The van der Waals surface area contributed by atoms with E-state index in [1.807, 2.05) is 0 Å². The molecule has 0 spiro atoms. The summed E-state index contributed by atoms with van der Waals surface area (Å²) in [7, 11) is 0. The van der Waals surface area contributed by atoms with Crippen molar-refractivity contribution in [1.29, 1.82) is 0 Å².